The lowest BCUT2D eigenvalue weighted by atomic mass is 10.2. The molecule has 0 aliphatic carbocycles. The van der Waals surface area contributed by atoms with Crippen LogP contribution in [0.2, 0.25) is 0 Å². The Bertz CT molecular complexity index is 1320. The summed E-state index contributed by atoms with van der Waals surface area (Å²) in [6.07, 6.45) is 1.64. The van der Waals surface area contributed by atoms with E-state index in [1.165, 1.54) is 36.0 Å². The molecule has 38 heavy (non-hydrogen) atoms. The quantitative estimate of drug-likeness (QED) is 0.251. The molecule has 1 aliphatic heterocycles. The Morgan fingerprint density at radius 2 is 1.71 bits per heavy atom. The third-order valence-electron chi connectivity index (χ3n) is 6.24. The van der Waals surface area contributed by atoms with Crippen molar-refractivity contribution < 1.29 is 24.0 Å². The minimum atomic E-state index is -0.506. The highest BCUT2D eigenvalue weighted by Gasteiger charge is 2.25. The van der Waals surface area contributed by atoms with Gasteiger partial charge in [-0.25, -0.2) is 4.79 Å². The smallest absolute Gasteiger partial charge is 0.409 e. The summed E-state index contributed by atoms with van der Waals surface area (Å²) in [5.41, 5.74) is 1.28. The van der Waals surface area contributed by atoms with Crippen LogP contribution in [-0.2, 0) is 16.1 Å². The zero-order valence-corrected chi connectivity index (χ0v) is 21.8. The topological polar surface area (TPSA) is 127 Å². The van der Waals surface area contributed by atoms with Crippen molar-refractivity contribution in [1.29, 1.82) is 0 Å². The zero-order chi connectivity index (χ0) is 27.1. The minimum absolute atomic E-state index is 0.0192. The zero-order valence-electron chi connectivity index (χ0n) is 21.0. The molecule has 1 aromatic heterocycles. The first-order chi connectivity index (χ1) is 18.4. The van der Waals surface area contributed by atoms with E-state index in [1.54, 1.807) is 16.7 Å². The third-order valence-corrected chi connectivity index (χ3v) is 7.27. The number of hydrogen-bond donors (Lipinski definition) is 1. The molecule has 0 saturated carbocycles. The average Bonchev–Trinajstić information content (AvgIpc) is 3.29. The number of nitrogens with zero attached hydrogens (tertiary/aromatic N) is 4. The van der Waals surface area contributed by atoms with Gasteiger partial charge in [0.2, 0.25) is 5.91 Å². The lowest BCUT2D eigenvalue weighted by Crippen LogP contribution is -2.51. The molecule has 0 bridgehead atoms. The number of nitro benzene ring substituents is 1. The van der Waals surface area contributed by atoms with Crippen LogP contribution in [0.3, 0.4) is 0 Å². The number of para-hydroxylation sites is 1. The van der Waals surface area contributed by atoms with Crippen molar-refractivity contribution in [3.63, 3.8) is 0 Å². The molecule has 12 heteroatoms. The monoisotopic (exact) mass is 539 g/mol. The van der Waals surface area contributed by atoms with Gasteiger partial charge in [-0.15, -0.1) is 11.8 Å². The SMILES string of the molecule is CCOC(=O)N1CCN(C(=O)CSc2cn(CCNC(=O)c3ccc([N+](=O)[O-])cc3)c3ccccc23)CC1. The fraction of sp³-hybridized carbons (Fsp3) is 0.346. The molecular formula is C26H29N5O6S. The molecule has 1 saturated heterocycles. The molecule has 0 radical (unpaired) electrons. The molecule has 0 atom stereocenters. The van der Waals surface area contributed by atoms with Gasteiger partial charge in [-0.2, -0.15) is 0 Å². The van der Waals surface area contributed by atoms with E-state index in [2.05, 4.69) is 5.32 Å². The van der Waals surface area contributed by atoms with Gasteiger partial charge in [-0.05, 0) is 25.1 Å². The second kappa shape index (κ2) is 12.5. The van der Waals surface area contributed by atoms with E-state index in [-0.39, 0.29) is 29.3 Å². The maximum absolute atomic E-state index is 12.8. The number of non-ortho nitro benzene ring substituents is 1. The summed E-state index contributed by atoms with van der Waals surface area (Å²) in [7, 11) is 0. The van der Waals surface area contributed by atoms with Crippen molar-refractivity contribution in [2.24, 2.45) is 0 Å². The second-order valence-corrected chi connectivity index (χ2v) is 9.64. The number of amides is 3. The van der Waals surface area contributed by atoms with Gasteiger partial charge in [0.1, 0.15) is 0 Å². The molecule has 1 N–H and O–H groups in total. The van der Waals surface area contributed by atoms with Crippen LogP contribution in [0.4, 0.5) is 10.5 Å². The number of carbonyl (C=O) groups excluding carboxylic acids is 3. The van der Waals surface area contributed by atoms with Crippen molar-refractivity contribution in [3.05, 3.63) is 70.4 Å². The third kappa shape index (κ3) is 6.43. The van der Waals surface area contributed by atoms with E-state index in [9.17, 15) is 24.5 Å². The van der Waals surface area contributed by atoms with E-state index >= 15 is 0 Å². The molecule has 2 heterocycles. The predicted octanol–water partition coefficient (Wildman–Crippen LogP) is 3.37. The summed E-state index contributed by atoms with van der Waals surface area (Å²) in [6, 6.07) is 13.4. The first kappa shape index (κ1) is 27.0. The highest BCUT2D eigenvalue weighted by atomic mass is 32.2. The van der Waals surface area contributed by atoms with E-state index in [0.29, 0.717) is 51.4 Å². The van der Waals surface area contributed by atoms with E-state index in [1.807, 2.05) is 35.0 Å². The minimum Gasteiger partial charge on any atom is -0.450 e. The van der Waals surface area contributed by atoms with Gasteiger partial charge < -0.3 is 24.4 Å². The standard InChI is InChI=1S/C26H29N5O6S/c1-2-37-26(34)29-15-13-28(14-16-29)24(32)18-38-23-17-30(22-6-4-3-5-21(22)23)12-11-27-25(33)19-7-9-20(10-8-19)31(35)36/h3-10,17H,2,11-16,18H2,1H3,(H,27,33). The summed E-state index contributed by atoms with van der Waals surface area (Å²) < 4.78 is 7.07. The number of fused-ring (bicyclic) bond motifs is 1. The maximum atomic E-state index is 12.8. The molecule has 11 nitrogen and oxygen atoms in total. The van der Waals surface area contributed by atoms with Crippen LogP contribution in [0, 0.1) is 10.1 Å². The van der Waals surface area contributed by atoms with Gasteiger partial charge >= 0.3 is 6.09 Å². The Balaban J connectivity index is 1.32. The summed E-state index contributed by atoms with van der Waals surface area (Å²) in [5, 5.41) is 14.7. The number of benzene rings is 2. The molecule has 0 spiro atoms. The average molecular weight is 540 g/mol. The van der Waals surface area contributed by atoms with Crippen LogP contribution in [0.25, 0.3) is 10.9 Å². The molecule has 200 valence electrons. The lowest BCUT2D eigenvalue weighted by Gasteiger charge is -2.34. The van der Waals surface area contributed by atoms with Crippen LogP contribution in [-0.4, -0.2) is 82.3 Å². The Labute approximate surface area is 223 Å². The van der Waals surface area contributed by atoms with Gasteiger partial charge in [0, 0.05) is 79.0 Å². The fourth-order valence-corrected chi connectivity index (χ4v) is 5.21. The molecule has 3 amide bonds. The Morgan fingerprint density at radius 1 is 1.03 bits per heavy atom. The van der Waals surface area contributed by atoms with Gasteiger partial charge in [0.15, 0.2) is 0 Å². The van der Waals surface area contributed by atoms with Crippen molar-refractivity contribution in [3.8, 4) is 0 Å². The summed E-state index contributed by atoms with van der Waals surface area (Å²) in [6.45, 7) is 4.85. The number of ether oxygens (including phenoxy) is 1. The molecule has 1 fully saturated rings. The predicted molar refractivity (Wildman–Crippen MR) is 143 cm³/mol. The molecular weight excluding hydrogens is 510 g/mol. The van der Waals surface area contributed by atoms with Crippen LogP contribution in [0.5, 0.6) is 0 Å². The summed E-state index contributed by atoms with van der Waals surface area (Å²) >= 11 is 1.47. The first-order valence-corrected chi connectivity index (χ1v) is 13.3. The van der Waals surface area contributed by atoms with Crippen LogP contribution in [0.15, 0.2) is 59.6 Å². The van der Waals surface area contributed by atoms with Crippen molar-refractivity contribution in [2.45, 2.75) is 18.4 Å². The lowest BCUT2D eigenvalue weighted by molar-refractivity contribution is -0.384. The van der Waals surface area contributed by atoms with Crippen molar-refractivity contribution in [1.82, 2.24) is 19.7 Å². The van der Waals surface area contributed by atoms with E-state index in [0.717, 1.165) is 15.8 Å². The van der Waals surface area contributed by atoms with Crippen LogP contribution < -0.4 is 5.32 Å². The second-order valence-electron chi connectivity index (χ2n) is 8.62. The van der Waals surface area contributed by atoms with E-state index in [4.69, 9.17) is 4.74 Å². The number of nitro groups is 1. The first-order valence-electron chi connectivity index (χ1n) is 12.3. The highest BCUT2D eigenvalue weighted by molar-refractivity contribution is 8.00. The van der Waals surface area contributed by atoms with E-state index < -0.39 is 4.92 Å². The number of nitrogens with one attached hydrogen (secondary N) is 1. The Kier molecular flexibility index (Phi) is 8.85. The Hall–Kier alpha value is -4.06. The summed E-state index contributed by atoms with van der Waals surface area (Å²) in [5.74, 6) is -0.00471. The van der Waals surface area contributed by atoms with Gasteiger partial charge in [0.25, 0.3) is 11.6 Å². The number of carbonyl (C=O) groups is 3. The largest absolute Gasteiger partial charge is 0.450 e. The van der Waals surface area contributed by atoms with Crippen LogP contribution in [0.1, 0.15) is 17.3 Å². The Morgan fingerprint density at radius 3 is 2.39 bits per heavy atom. The fourth-order valence-electron chi connectivity index (χ4n) is 4.22. The number of aromatic nitrogens is 1. The number of thioether (sulfide) groups is 1. The van der Waals surface area contributed by atoms with Gasteiger partial charge in [-0.3, -0.25) is 19.7 Å². The molecule has 3 aromatic rings. The number of hydrogen-bond acceptors (Lipinski definition) is 7. The molecule has 0 unspecified atom stereocenters. The molecule has 2 aromatic carbocycles. The molecule has 1 aliphatic rings. The summed E-state index contributed by atoms with van der Waals surface area (Å²) in [4.78, 5) is 51.8. The van der Waals surface area contributed by atoms with Gasteiger partial charge in [-0.1, -0.05) is 18.2 Å². The normalized spacial score (nSPS) is 13.4. The number of piperazine rings is 1. The molecule has 4 rings (SSSR count). The maximum Gasteiger partial charge on any atom is 0.409 e. The van der Waals surface area contributed by atoms with Crippen molar-refractivity contribution >= 4 is 46.3 Å². The van der Waals surface area contributed by atoms with Crippen LogP contribution >= 0.6 is 11.8 Å². The van der Waals surface area contributed by atoms with Gasteiger partial charge in [0.05, 0.1) is 17.3 Å². The highest BCUT2D eigenvalue weighted by Crippen LogP contribution is 2.30. The van der Waals surface area contributed by atoms with Crippen molar-refractivity contribution in [2.75, 3.05) is 45.1 Å². The number of rotatable bonds is 9.